The lowest BCUT2D eigenvalue weighted by Crippen LogP contribution is -1.63. The SMILES string of the molecule is Cc1cnccp1. The summed E-state index contributed by atoms with van der Waals surface area (Å²) in [6, 6.07) is 0. The Kier molecular flexibility index (Phi) is 1.38. The molecule has 0 aliphatic carbocycles. The summed E-state index contributed by atoms with van der Waals surface area (Å²) >= 11 is 0. The summed E-state index contributed by atoms with van der Waals surface area (Å²) in [6.45, 7) is 2.06. The van der Waals surface area contributed by atoms with E-state index in [4.69, 9.17) is 0 Å². The topological polar surface area (TPSA) is 12.9 Å². The van der Waals surface area contributed by atoms with Crippen LogP contribution in [0.1, 0.15) is 5.30 Å². The third-order valence-corrected chi connectivity index (χ3v) is 1.50. The Bertz CT molecular complexity index is 138. The molecule has 0 N–H and O–H groups in total. The molecule has 0 saturated carbocycles. The molecule has 1 aromatic rings. The summed E-state index contributed by atoms with van der Waals surface area (Å²) in [5.74, 6) is 2.02. The summed E-state index contributed by atoms with van der Waals surface area (Å²) in [6.07, 6.45) is 3.69. The van der Waals surface area contributed by atoms with Gasteiger partial charge in [0.25, 0.3) is 0 Å². The summed E-state index contributed by atoms with van der Waals surface area (Å²) in [5.41, 5.74) is 0. The highest BCUT2D eigenvalue weighted by Gasteiger charge is 1.74. The fourth-order valence-electron chi connectivity index (χ4n) is 0.374. The second-order valence-electron chi connectivity index (χ2n) is 1.35. The van der Waals surface area contributed by atoms with Gasteiger partial charge in [0.1, 0.15) is 0 Å². The van der Waals surface area contributed by atoms with Crippen LogP contribution in [-0.2, 0) is 0 Å². The van der Waals surface area contributed by atoms with E-state index in [9.17, 15) is 0 Å². The van der Waals surface area contributed by atoms with Crippen molar-refractivity contribution in [2.75, 3.05) is 0 Å². The average molecular weight is 111 g/mol. The molecule has 0 fully saturated rings. The minimum Gasteiger partial charge on any atom is -0.264 e. The minimum absolute atomic E-state index is 1.28. The van der Waals surface area contributed by atoms with Gasteiger partial charge in [0, 0.05) is 12.4 Å². The molecule has 1 aromatic heterocycles. The van der Waals surface area contributed by atoms with Crippen LogP contribution in [0.15, 0.2) is 18.2 Å². The van der Waals surface area contributed by atoms with Crippen LogP contribution in [0, 0.1) is 6.92 Å². The predicted octanol–water partition coefficient (Wildman–Crippen LogP) is 1.97. The number of nitrogens with zero attached hydrogens (tertiary/aromatic N) is 1. The quantitative estimate of drug-likeness (QED) is 0.498. The molecule has 7 heavy (non-hydrogen) atoms. The molecule has 1 heterocycles. The Morgan fingerprint density at radius 2 is 2.57 bits per heavy atom. The van der Waals surface area contributed by atoms with E-state index in [0.29, 0.717) is 0 Å². The number of aromatic nitrogens is 1. The molecule has 36 valence electrons. The van der Waals surface area contributed by atoms with Crippen molar-refractivity contribution >= 4 is 8.19 Å². The molecule has 1 rings (SSSR count). The van der Waals surface area contributed by atoms with E-state index in [-0.39, 0.29) is 0 Å². The van der Waals surface area contributed by atoms with E-state index in [2.05, 4.69) is 11.9 Å². The monoisotopic (exact) mass is 111 g/mol. The Balaban J connectivity index is 3.02. The zero-order valence-electron chi connectivity index (χ0n) is 4.13. The maximum Gasteiger partial charge on any atom is 0.0342 e. The van der Waals surface area contributed by atoms with Crippen molar-refractivity contribution in [1.82, 2.24) is 4.98 Å². The Morgan fingerprint density at radius 1 is 1.71 bits per heavy atom. The predicted molar refractivity (Wildman–Crippen MR) is 31.5 cm³/mol. The van der Waals surface area contributed by atoms with Crippen LogP contribution >= 0.6 is 8.19 Å². The molecule has 0 aliphatic rings. The Labute approximate surface area is 44.5 Å². The molecular weight excluding hydrogens is 105 g/mol. The normalized spacial score (nSPS) is 9.86. The summed E-state index contributed by atoms with van der Waals surface area (Å²) in [7, 11) is 1.28. The van der Waals surface area contributed by atoms with Crippen molar-refractivity contribution in [3.05, 3.63) is 23.5 Å². The van der Waals surface area contributed by atoms with E-state index in [1.165, 1.54) is 13.5 Å². The van der Waals surface area contributed by atoms with E-state index in [1.54, 1.807) is 0 Å². The van der Waals surface area contributed by atoms with Gasteiger partial charge in [0.15, 0.2) is 0 Å². The summed E-state index contributed by atoms with van der Waals surface area (Å²) in [4.78, 5) is 3.91. The van der Waals surface area contributed by atoms with Gasteiger partial charge >= 0.3 is 0 Å². The number of rotatable bonds is 0. The highest BCUT2D eigenvalue weighted by molar-refractivity contribution is 7.29. The Morgan fingerprint density at radius 3 is 2.86 bits per heavy atom. The first-order valence-electron chi connectivity index (χ1n) is 2.12. The van der Waals surface area contributed by atoms with Crippen molar-refractivity contribution in [2.45, 2.75) is 6.92 Å². The molecule has 0 atom stereocenters. The molecule has 0 saturated heterocycles. The molecule has 0 spiro atoms. The first-order chi connectivity index (χ1) is 3.39. The fourth-order valence-corrected chi connectivity index (χ4v) is 0.886. The molecule has 0 aliphatic heterocycles. The lowest BCUT2D eigenvalue weighted by atomic mass is 10.6. The van der Waals surface area contributed by atoms with Gasteiger partial charge in [-0.25, -0.2) is 0 Å². The van der Waals surface area contributed by atoms with Crippen LogP contribution < -0.4 is 0 Å². The molecule has 0 aromatic carbocycles. The van der Waals surface area contributed by atoms with Gasteiger partial charge in [0.2, 0.25) is 0 Å². The first-order valence-corrected chi connectivity index (χ1v) is 3.08. The fraction of sp³-hybridized carbons (Fsp3) is 0.200. The van der Waals surface area contributed by atoms with Gasteiger partial charge in [-0.1, -0.05) is 8.19 Å². The van der Waals surface area contributed by atoms with Crippen molar-refractivity contribution < 1.29 is 0 Å². The summed E-state index contributed by atoms with van der Waals surface area (Å²) < 4.78 is 0. The third-order valence-electron chi connectivity index (χ3n) is 0.692. The van der Waals surface area contributed by atoms with E-state index >= 15 is 0 Å². The van der Waals surface area contributed by atoms with Gasteiger partial charge in [0.05, 0.1) is 0 Å². The largest absolute Gasteiger partial charge is 0.264 e. The highest BCUT2D eigenvalue weighted by atomic mass is 31.0. The van der Waals surface area contributed by atoms with Crippen LogP contribution in [0.4, 0.5) is 0 Å². The lowest BCUT2D eigenvalue weighted by Gasteiger charge is -1.81. The van der Waals surface area contributed by atoms with E-state index in [0.717, 1.165) is 0 Å². The van der Waals surface area contributed by atoms with Crippen molar-refractivity contribution in [3.63, 3.8) is 0 Å². The maximum absolute atomic E-state index is 3.91. The second-order valence-corrected chi connectivity index (χ2v) is 2.61. The minimum atomic E-state index is 1.28. The van der Waals surface area contributed by atoms with Crippen LogP contribution in [0.5, 0.6) is 0 Å². The molecule has 1 nitrogen and oxygen atoms in total. The third kappa shape index (κ3) is 1.24. The standard InChI is InChI=1S/C5H6NP/c1-5-4-6-2-3-7-5/h2-4H,1H3. The number of aryl methyl sites for hydroxylation is 1. The zero-order chi connectivity index (χ0) is 5.11. The first kappa shape index (κ1) is 4.73. The molecule has 0 bridgehead atoms. The number of hydrogen-bond donors (Lipinski definition) is 0. The van der Waals surface area contributed by atoms with Gasteiger partial charge < -0.3 is 0 Å². The van der Waals surface area contributed by atoms with Crippen molar-refractivity contribution in [2.24, 2.45) is 0 Å². The maximum atomic E-state index is 3.91. The second kappa shape index (κ2) is 2.04. The van der Waals surface area contributed by atoms with E-state index < -0.39 is 0 Å². The van der Waals surface area contributed by atoms with Crippen LogP contribution in [0.2, 0.25) is 0 Å². The number of hydrogen-bond acceptors (Lipinski definition) is 1. The molecule has 0 amide bonds. The van der Waals surface area contributed by atoms with Gasteiger partial charge in [-0.3, -0.25) is 4.98 Å². The van der Waals surface area contributed by atoms with Crippen molar-refractivity contribution in [1.29, 1.82) is 0 Å². The zero-order valence-corrected chi connectivity index (χ0v) is 5.02. The molecule has 0 radical (unpaired) electrons. The smallest absolute Gasteiger partial charge is 0.0342 e. The van der Waals surface area contributed by atoms with Gasteiger partial charge in [-0.05, 0) is 18.0 Å². The summed E-state index contributed by atoms with van der Waals surface area (Å²) in [5, 5.41) is 1.31. The average Bonchev–Trinajstić information content (AvgIpc) is 1.69. The van der Waals surface area contributed by atoms with Crippen LogP contribution in [0.25, 0.3) is 0 Å². The molecule has 0 unspecified atom stereocenters. The lowest BCUT2D eigenvalue weighted by molar-refractivity contribution is 1.33. The van der Waals surface area contributed by atoms with Gasteiger partial charge in [-0.2, -0.15) is 0 Å². The van der Waals surface area contributed by atoms with E-state index in [1.807, 2.05) is 18.2 Å². The highest BCUT2D eigenvalue weighted by Crippen LogP contribution is 2.06. The Hall–Kier alpha value is -0.420. The molecular formula is C5H6NP. The van der Waals surface area contributed by atoms with Gasteiger partial charge in [-0.15, -0.1) is 0 Å². The van der Waals surface area contributed by atoms with Crippen LogP contribution in [0.3, 0.4) is 0 Å². The molecule has 2 heteroatoms. The van der Waals surface area contributed by atoms with Crippen molar-refractivity contribution in [3.8, 4) is 0 Å². The van der Waals surface area contributed by atoms with Crippen LogP contribution in [-0.4, -0.2) is 4.98 Å².